The highest BCUT2D eigenvalue weighted by Crippen LogP contribution is 2.28. The first-order valence-corrected chi connectivity index (χ1v) is 5.94. The predicted octanol–water partition coefficient (Wildman–Crippen LogP) is 2.03. The van der Waals surface area contributed by atoms with Gasteiger partial charge in [0.1, 0.15) is 5.75 Å². The number of benzene rings is 1. The van der Waals surface area contributed by atoms with Crippen LogP contribution in [0.1, 0.15) is 23.7 Å². The number of nitrogens with two attached hydrogens (primary N) is 1. The standard InChI is InChI=1S/C14H16N2O3/c1-8-5-10(12(15)7-14(17)18)11-6-9(19-2)3-4-13(11)16-8/h3-6,12H,7,15H2,1-2H3,(H,17,18). The molecule has 2 aromatic rings. The summed E-state index contributed by atoms with van der Waals surface area (Å²) in [5.41, 5.74) is 8.36. The summed E-state index contributed by atoms with van der Waals surface area (Å²) in [7, 11) is 1.58. The summed E-state index contributed by atoms with van der Waals surface area (Å²) in [6.07, 6.45) is -0.115. The van der Waals surface area contributed by atoms with Gasteiger partial charge in [0.15, 0.2) is 0 Å². The highest BCUT2D eigenvalue weighted by atomic mass is 16.5. The van der Waals surface area contributed by atoms with Crippen LogP contribution in [-0.4, -0.2) is 23.2 Å². The summed E-state index contributed by atoms with van der Waals surface area (Å²) in [4.78, 5) is 15.2. The van der Waals surface area contributed by atoms with Crippen LogP contribution in [0.3, 0.4) is 0 Å². The van der Waals surface area contributed by atoms with E-state index >= 15 is 0 Å². The second-order valence-corrected chi connectivity index (χ2v) is 4.44. The molecule has 1 heterocycles. The van der Waals surface area contributed by atoms with E-state index in [1.807, 2.05) is 31.2 Å². The molecule has 0 bridgehead atoms. The highest BCUT2D eigenvalue weighted by Gasteiger charge is 2.15. The Morgan fingerprint density at radius 2 is 2.21 bits per heavy atom. The van der Waals surface area contributed by atoms with Crippen LogP contribution in [0.15, 0.2) is 24.3 Å². The Morgan fingerprint density at radius 3 is 2.84 bits per heavy atom. The van der Waals surface area contributed by atoms with Crippen molar-refractivity contribution in [3.05, 3.63) is 35.5 Å². The molecule has 0 saturated heterocycles. The van der Waals surface area contributed by atoms with Crippen molar-refractivity contribution in [2.75, 3.05) is 7.11 Å². The molecule has 5 heteroatoms. The summed E-state index contributed by atoms with van der Waals surface area (Å²) in [6, 6.07) is 6.77. The van der Waals surface area contributed by atoms with Crippen LogP contribution in [0.2, 0.25) is 0 Å². The lowest BCUT2D eigenvalue weighted by Crippen LogP contribution is -2.15. The Kier molecular flexibility index (Phi) is 3.66. The molecular weight excluding hydrogens is 244 g/mol. The first-order chi connectivity index (χ1) is 9.01. The molecule has 1 unspecified atom stereocenters. The van der Waals surface area contributed by atoms with Crippen LogP contribution in [0.25, 0.3) is 10.9 Å². The summed E-state index contributed by atoms with van der Waals surface area (Å²) in [5, 5.41) is 9.70. The topological polar surface area (TPSA) is 85.4 Å². The number of hydrogen-bond donors (Lipinski definition) is 2. The molecule has 0 spiro atoms. The summed E-state index contributed by atoms with van der Waals surface area (Å²) in [6.45, 7) is 1.86. The van der Waals surface area contributed by atoms with Crippen molar-refractivity contribution in [1.82, 2.24) is 4.98 Å². The molecular formula is C14H16N2O3. The van der Waals surface area contributed by atoms with Crippen molar-refractivity contribution in [2.45, 2.75) is 19.4 Å². The Morgan fingerprint density at radius 1 is 1.47 bits per heavy atom. The number of rotatable bonds is 4. The minimum absolute atomic E-state index is 0.115. The van der Waals surface area contributed by atoms with E-state index < -0.39 is 12.0 Å². The van der Waals surface area contributed by atoms with Crippen molar-refractivity contribution in [3.63, 3.8) is 0 Å². The average molecular weight is 260 g/mol. The van der Waals surface area contributed by atoms with Gasteiger partial charge in [-0.3, -0.25) is 9.78 Å². The van der Waals surface area contributed by atoms with Crippen LogP contribution in [0.4, 0.5) is 0 Å². The lowest BCUT2D eigenvalue weighted by atomic mass is 9.99. The summed E-state index contributed by atoms with van der Waals surface area (Å²) in [5.74, 6) is -0.222. The number of nitrogens with zero attached hydrogens (tertiary/aromatic N) is 1. The summed E-state index contributed by atoms with van der Waals surface area (Å²) >= 11 is 0. The fraction of sp³-hybridized carbons (Fsp3) is 0.286. The minimum atomic E-state index is -0.919. The smallest absolute Gasteiger partial charge is 0.305 e. The second-order valence-electron chi connectivity index (χ2n) is 4.44. The Labute approximate surface area is 111 Å². The van der Waals surface area contributed by atoms with Gasteiger partial charge in [0, 0.05) is 17.1 Å². The van der Waals surface area contributed by atoms with E-state index in [4.69, 9.17) is 15.6 Å². The van der Waals surface area contributed by atoms with Crippen molar-refractivity contribution >= 4 is 16.9 Å². The lowest BCUT2D eigenvalue weighted by Gasteiger charge is -2.14. The fourth-order valence-electron chi connectivity index (χ4n) is 2.10. The minimum Gasteiger partial charge on any atom is -0.497 e. The SMILES string of the molecule is COc1ccc2nc(C)cc(C(N)CC(=O)O)c2c1. The number of ether oxygens (including phenoxy) is 1. The zero-order valence-corrected chi connectivity index (χ0v) is 10.9. The van der Waals surface area contributed by atoms with Crippen molar-refractivity contribution < 1.29 is 14.6 Å². The number of carboxylic acid groups (broad SMARTS) is 1. The molecule has 0 aliphatic carbocycles. The molecule has 0 aliphatic rings. The number of aliphatic carboxylic acids is 1. The van der Waals surface area contributed by atoms with Crippen LogP contribution in [0.5, 0.6) is 5.75 Å². The summed E-state index contributed by atoms with van der Waals surface area (Å²) < 4.78 is 5.18. The van der Waals surface area contributed by atoms with Crippen molar-refractivity contribution in [3.8, 4) is 5.75 Å². The van der Waals surface area contributed by atoms with E-state index in [9.17, 15) is 4.79 Å². The van der Waals surface area contributed by atoms with Gasteiger partial charge in [0.05, 0.1) is 19.0 Å². The van der Waals surface area contributed by atoms with E-state index in [0.717, 1.165) is 22.2 Å². The van der Waals surface area contributed by atoms with Gasteiger partial charge in [-0.1, -0.05) is 0 Å². The molecule has 0 aliphatic heterocycles. The van der Waals surface area contributed by atoms with E-state index in [1.165, 1.54) is 0 Å². The van der Waals surface area contributed by atoms with Crippen molar-refractivity contribution in [2.24, 2.45) is 5.73 Å². The number of pyridine rings is 1. The van der Waals surface area contributed by atoms with Gasteiger partial charge in [-0.25, -0.2) is 0 Å². The van der Waals surface area contributed by atoms with Crippen molar-refractivity contribution in [1.29, 1.82) is 0 Å². The number of fused-ring (bicyclic) bond motifs is 1. The Bertz CT molecular complexity index is 625. The molecule has 0 radical (unpaired) electrons. The molecule has 2 rings (SSSR count). The third-order valence-electron chi connectivity index (χ3n) is 2.97. The molecule has 1 aromatic heterocycles. The van der Waals surface area contributed by atoms with Gasteiger partial charge in [-0.2, -0.15) is 0 Å². The van der Waals surface area contributed by atoms with Gasteiger partial charge in [-0.05, 0) is 36.8 Å². The normalized spacial score (nSPS) is 12.4. The van der Waals surface area contributed by atoms with Crippen LogP contribution >= 0.6 is 0 Å². The molecule has 0 amide bonds. The van der Waals surface area contributed by atoms with Gasteiger partial charge in [-0.15, -0.1) is 0 Å². The molecule has 0 fully saturated rings. The number of aromatic nitrogens is 1. The molecule has 1 aromatic carbocycles. The Hall–Kier alpha value is -2.14. The van der Waals surface area contributed by atoms with Crippen LogP contribution in [-0.2, 0) is 4.79 Å². The first-order valence-electron chi connectivity index (χ1n) is 5.94. The Balaban J connectivity index is 2.59. The van der Waals surface area contributed by atoms with Gasteiger partial charge in [0.2, 0.25) is 0 Å². The van der Waals surface area contributed by atoms with E-state index in [1.54, 1.807) is 7.11 Å². The maximum Gasteiger partial charge on any atom is 0.305 e. The zero-order valence-electron chi connectivity index (χ0n) is 10.9. The van der Waals surface area contributed by atoms with Gasteiger partial charge in [0.25, 0.3) is 0 Å². The third kappa shape index (κ3) is 2.82. The number of hydrogen-bond acceptors (Lipinski definition) is 4. The lowest BCUT2D eigenvalue weighted by molar-refractivity contribution is -0.137. The highest BCUT2D eigenvalue weighted by molar-refractivity contribution is 5.85. The predicted molar refractivity (Wildman–Crippen MR) is 72.2 cm³/mol. The molecule has 5 nitrogen and oxygen atoms in total. The average Bonchev–Trinajstić information content (AvgIpc) is 2.36. The molecule has 0 saturated carbocycles. The zero-order chi connectivity index (χ0) is 14.0. The fourth-order valence-corrected chi connectivity index (χ4v) is 2.10. The maximum atomic E-state index is 10.8. The molecule has 19 heavy (non-hydrogen) atoms. The molecule has 1 atom stereocenters. The van der Waals surface area contributed by atoms with E-state index in [-0.39, 0.29) is 6.42 Å². The van der Waals surface area contributed by atoms with Crippen LogP contribution < -0.4 is 10.5 Å². The van der Waals surface area contributed by atoms with Gasteiger partial charge < -0.3 is 15.6 Å². The number of aryl methyl sites for hydroxylation is 1. The molecule has 3 N–H and O–H groups in total. The number of carbonyl (C=O) groups is 1. The maximum absolute atomic E-state index is 10.8. The van der Waals surface area contributed by atoms with Gasteiger partial charge >= 0.3 is 5.97 Å². The van der Waals surface area contributed by atoms with Crippen LogP contribution in [0, 0.1) is 6.92 Å². The second kappa shape index (κ2) is 5.24. The number of carboxylic acids is 1. The largest absolute Gasteiger partial charge is 0.497 e. The quantitative estimate of drug-likeness (QED) is 0.878. The molecule has 100 valence electrons. The number of methoxy groups -OCH3 is 1. The first kappa shape index (κ1) is 13.3. The monoisotopic (exact) mass is 260 g/mol. The van der Waals surface area contributed by atoms with E-state index in [0.29, 0.717) is 5.75 Å². The van der Waals surface area contributed by atoms with E-state index in [2.05, 4.69) is 4.98 Å². The third-order valence-corrected chi connectivity index (χ3v) is 2.97.